The Morgan fingerprint density at radius 2 is 1.05 bits per heavy atom. The number of rotatable bonds is 6. The molecule has 20 heavy (non-hydrogen) atoms. The summed E-state index contributed by atoms with van der Waals surface area (Å²) in [6.45, 7) is 0. The van der Waals surface area contributed by atoms with E-state index in [2.05, 4.69) is 0 Å². The van der Waals surface area contributed by atoms with Crippen LogP contribution in [0, 0.1) is 11.8 Å². The van der Waals surface area contributed by atoms with Gasteiger partial charge in [0, 0.05) is 12.1 Å². The van der Waals surface area contributed by atoms with Crippen molar-refractivity contribution < 1.29 is 5.11 Å². The molecule has 0 bridgehead atoms. The van der Waals surface area contributed by atoms with Crippen molar-refractivity contribution in [1.82, 2.24) is 0 Å². The van der Waals surface area contributed by atoms with E-state index in [-0.39, 0.29) is 12.1 Å². The van der Waals surface area contributed by atoms with Crippen molar-refractivity contribution in [2.75, 3.05) is 0 Å². The van der Waals surface area contributed by atoms with Crippen LogP contribution in [-0.4, -0.2) is 23.3 Å². The van der Waals surface area contributed by atoms with Crippen LogP contribution in [0.4, 0.5) is 0 Å². The predicted molar refractivity (Wildman–Crippen MR) is 84.3 cm³/mol. The van der Waals surface area contributed by atoms with E-state index in [0.29, 0.717) is 0 Å². The standard InChI is InChI=1S/C17H34N2O/c18-15(11-13-7-3-1-4-8-13)17(20)16(19)12-14-9-5-2-6-10-14/h13-17,20H,1-12,18-19H2/t15-,16-/m0/s1. The van der Waals surface area contributed by atoms with Gasteiger partial charge in [-0.15, -0.1) is 0 Å². The summed E-state index contributed by atoms with van der Waals surface area (Å²) in [4.78, 5) is 0. The van der Waals surface area contributed by atoms with Crippen LogP contribution in [0.1, 0.15) is 77.0 Å². The molecule has 2 aliphatic rings. The van der Waals surface area contributed by atoms with Gasteiger partial charge in [-0.2, -0.15) is 0 Å². The zero-order valence-electron chi connectivity index (χ0n) is 13.0. The summed E-state index contributed by atoms with van der Waals surface area (Å²) in [5.74, 6) is 1.44. The third-order valence-electron chi connectivity index (χ3n) is 5.54. The van der Waals surface area contributed by atoms with Crippen LogP contribution in [0.15, 0.2) is 0 Å². The van der Waals surface area contributed by atoms with Gasteiger partial charge in [-0.1, -0.05) is 64.2 Å². The van der Waals surface area contributed by atoms with Crippen LogP contribution >= 0.6 is 0 Å². The Kier molecular flexibility index (Phi) is 6.79. The first-order valence-corrected chi connectivity index (χ1v) is 8.86. The van der Waals surface area contributed by atoms with E-state index in [1.807, 2.05) is 0 Å². The molecule has 0 saturated heterocycles. The van der Waals surface area contributed by atoms with Gasteiger partial charge in [0.15, 0.2) is 0 Å². The molecule has 0 heterocycles. The number of nitrogens with two attached hydrogens (primary N) is 2. The molecule has 5 N–H and O–H groups in total. The second kappa shape index (κ2) is 8.35. The molecule has 0 aromatic carbocycles. The highest BCUT2D eigenvalue weighted by Gasteiger charge is 2.28. The van der Waals surface area contributed by atoms with Gasteiger partial charge >= 0.3 is 0 Å². The van der Waals surface area contributed by atoms with Crippen molar-refractivity contribution in [3.8, 4) is 0 Å². The molecular formula is C17H34N2O. The fourth-order valence-corrected chi connectivity index (χ4v) is 4.21. The maximum absolute atomic E-state index is 10.4. The van der Waals surface area contributed by atoms with E-state index in [0.717, 1.165) is 24.7 Å². The van der Waals surface area contributed by atoms with Gasteiger partial charge in [0.25, 0.3) is 0 Å². The molecule has 3 heteroatoms. The molecule has 2 rings (SSSR count). The van der Waals surface area contributed by atoms with Gasteiger partial charge in [-0.3, -0.25) is 0 Å². The smallest absolute Gasteiger partial charge is 0.0841 e. The molecule has 3 nitrogen and oxygen atoms in total. The molecule has 0 aromatic rings. The summed E-state index contributed by atoms with van der Waals surface area (Å²) >= 11 is 0. The van der Waals surface area contributed by atoms with Gasteiger partial charge in [0.05, 0.1) is 6.10 Å². The van der Waals surface area contributed by atoms with Gasteiger partial charge in [-0.25, -0.2) is 0 Å². The van der Waals surface area contributed by atoms with Crippen LogP contribution in [0.25, 0.3) is 0 Å². The normalized spacial score (nSPS) is 25.8. The summed E-state index contributed by atoms with van der Waals surface area (Å²) in [7, 11) is 0. The van der Waals surface area contributed by atoms with Crippen molar-refractivity contribution >= 4 is 0 Å². The molecular weight excluding hydrogens is 248 g/mol. The Hall–Kier alpha value is -0.120. The first-order chi connectivity index (χ1) is 9.66. The summed E-state index contributed by atoms with van der Waals surface area (Å²) in [6.07, 6.45) is 14.6. The van der Waals surface area contributed by atoms with E-state index >= 15 is 0 Å². The maximum atomic E-state index is 10.4. The largest absolute Gasteiger partial charge is 0.390 e. The topological polar surface area (TPSA) is 72.3 Å². The molecule has 2 atom stereocenters. The average molecular weight is 282 g/mol. The Bertz CT molecular complexity index is 234. The van der Waals surface area contributed by atoms with Crippen molar-refractivity contribution in [3.63, 3.8) is 0 Å². The summed E-state index contributed by atoms with van der Waals surface area (Å²) in [5.41, 5.74) is 12.4. The van der Waals surface area contributed by atoms with E-state index < -0.39 is 6.10 Å². The van der Waals surface area contributed by atoms with Gasteiger partial charge in [0.2, 0.25) is 0 Å². The highest BCUT2D eigenvalue weighted by molar-refractivity contribution is 4.86. The van der Waals surface area contributed by atoms with Crippen LogP contribution in [0.2, 0.25) is 0 Å². The molecule has 0 radical (unpaired) electrons. The van der Waals surface area contributed by atoms with Crippen LogP contribution < -0.4 is 11.5 Å². The van der Waals surface area contributed by atoms with Crippen molar-refractivity contribution in [3.05, 3.63) is 0 Å². The quantitative estimate of drug-likeness (QED) is 0.701. The van der Waals surface area contributed by atoms with Gasteiger partial charge in [-0.05, 0) is 24.7 Å². The van der Waals surface area contributed by atoms with E-state index in [9.17, 15) is 5.11 Å². The fourth-order valence-electron chi connectivity index (χ4n) is 4.21. The Labute approximate surface area is 124 Å². The Balaban J connectivity index is 1.71. The maximum Gasteiger partial charge on any atom is 0.0841 e. The molecule has 0 unspecified atom stereocenters. The summed E-state index contributed by atoms with van der Waals surface area (Å²) in [5, 5.41) is 10.4. The molecule has 2 fully saturated rings. The minimum Gasteiger partial charge on any atom is -0.390 e. The lowest BCUT2D eigenvalue weighted by Gasteiger charge is -2.32. The van der Waals surface area contributed by atoms with E-state index in [4.69, 9.17) is 11.5 Å². The molecule has 2 aliphatic carbocycles. The second-order valence-corrected chi connectivity index (χ2v) is 7.30. The number of aliphatic hydroxyl groups excluding tert-OH is 1. The van der Waals surface area contributed by atoms with Crippen molar-refractivity contribution in [2.45, 2.75) is 95.2 Å². The van der Waals surface area contributed by atoms with Crippen molar-refractivity contribution in [1.29, 1.82) is 0 Å². The lowest BCUT2D eigenvalue weighted by atomic mass is 9.80. The lowest BCUT2D eigenvalue weighted by Crippen LogP contribution is -2.49. The fraction of sp³-hybridized carbons (Fsp3) is 1.00. The first kappa shape index (κ1) is 16.3. The second-order valence-electron chi connectivity index (χ2n) is 7.30. The predicted octanol–water partition coefficient (Wildman–Crippen LogP) is 2.94. The molecule has 0 spiro atoms. The summed E-state index contributed by atoms with van der Waals surface area (Å²) in [6, 6.07) is -0.256. The number of aliphatic hydroxyl groups is 1. The molecule has 2 saturated carbocycles. The van der Waals surface area contributed by atoms with Gasteiger partial charge < -0.3 is 16.6 Å². The highest BCUT2D eigenvalue weighted by atomic mass is 16.3. The number of hydrogen-bond acceptors (Lipinski definition) is 3. The zero-order chi connectivity index (χ0) is 14.4. The lowest BCUT2D eigenvalue weighted by molar-refractivity contribution is 0.0888. The van der Waals surface area contributed by atoms with E-state index in [1.165, 1.54) is 64.2 Å². The third-order valence-corrected chi connectivity index (χ3v) is 5.54. The third kappa shape index (κ3) is 5.01. The minimum absolute atomic E-state index is 0.128. The Morgan fingerprint density at radius 3 is 1.40 bits per heavy atom. The molecule has 118 valence electrons. The van der Waals surface area contributed by atoms with Gasteiger partial charge in [0.1, 0.15) is 0 Å². The SMILES string of the molecule is N[C@@H](CC1CCCCC1)C(O)[C@@H](N)CC1CCCCC1. The first-order valence-electron chi connectivity index (χ1n) is 8.86. The monoisotopic (exact) mass is 282 g/mol. The van der Waals surface area contributed by atoms with Crippen LogP contribution in [0.3, 0.4) is 0 Å². The highest BCUT2D eigenvalue weighted by Crippen LogP contribution is 2.30. The molecule has 0 aliphatic heterocycles. The zero-order valence-corrected chi connectivity index (χ0v) is 13.0. The average Bonchev–Trinajstić information content (AvgIpc) is 2.48. The van der Waals surface area contributed by atoms with Crippen molar-refractivity contribution in [2.24, 2.45) is 23.3 Å². The summed E-state index contributed by atoms with van der Waals surface area (Å²) < 4.78 is 0. The number of hydrogen-bond donors (Lipinski definition) is 3. The minimum atomic E-state index is -0.515. The molecule has 0 aromatic heterocycles. The van der Waals surface area contributed by atoms with E-state index in [1.54, 1.807) is 0 Å². The van der Waals surface area contributed by atoms with Crippen LogP contribution in [-0.2, 0) is 0 Å². The molecule has 0 amide bonds. The Morgan fingerprint density at radius 1 is 0.700 bits per heavy atom. The van der Waals surface area contributed by atoms with Crippen LogP contribution in [0.5, 0.6) is 0 Å².